The van der Waals surface area contributed by atoms with E-state index in [0.29, 0.717) is 6.54 Å². The summed E-state index contributed by atoms with van der Waals surface area (Å²) in [6.45, 7) is 7.33. The van der Waals surface area contributed by atoms with Crippen LogP contribution in [-0.2, 0) is 19.6 Å². The number of nitrogens with zero attached hydrogens (tertiary/aromatic N) is 3. The number of imidazole rings is 1. The monoisotopic (exact) mass is 381 g/mol. The topological polar surface area (TPSA) is 30.3 Å². The fraction of sp³-hybridized carbons (Fsp3) is 0.348. The predicted molar refractivity (Wildman–Crippen MR) is 110 cm³/mol. The minimum Gasteiger partial charge on any atom is -0.496 e. The molecule has 0 aliphatic heterocycles. The molecule has 3 aromatic rings. The second kappa shape index (κ2) is 9.51. The van der Waals surface area contributed by atoms with Crippen molar-refractivity contribution >= 4 is 0 Å². The van der Waals surface area contributed by atoms with Gasteiger partial charge < -0.3 is 9.30 Å². The Morgan fingerprint density at radius 1 is 1.04 bits per heavy atom. The van der Waals surface area contributed by atoms with Crippen molar-refractivity contribution in [2.75, 3.05) is 13.7 Å². The Morgan fingerprint density at radius 3 is 2.54 bits per heavy atom. The first-order valence-corrected chi connectivity index (χ1v) is 9.63. The molecule has 0 amide bonds. The summed E-state index contributed by atoms with van der Waals surface area (Å²) in [4.78, 5) is 6.40. The van der Waals surface area contributed by atoms with Gasteiger partial charge in [-0.05, 0) is 49.1 Å². The SMILES string of the molecule is COc1ccc(CN(CCCn2ccnc2)Cc2ccccc2F)c(C)c1C. The van der Waals surface area contributed by atoms with E-state index in [1.165, 1.54) is 17.2 Å². The summed E-state index contributed by atoms with van der Waals surface area (Å²) in [6.07, 6.45) is 6.57. The molecule has 0 spiro atoms. The Labute approximate surface area is 166 Å². The molecule has 0 aliphatic rings. The Kier molecular flexibility index (Phi) is 6.82. The first-order valence-electron chi connectivity index (χ1n) is 9.63. The lowest BCUT2D eigenvalue weighted by molar-refractivity contribution is 0.244. The normalized spacial score (nSPS) is 11.2. The largest absolute Gasteiger partial charge is 0.496 e. The van der Waals surface area contributed by atoms with Gasteiger partial charge in [-0.3, -0.25) is 4.90 Å². The van der Waals surface area contributed by atoms with Crippen molar-refractivity contribution in [3.05, 3.63) is 83.2 Å². The van der Waals surface area contributed by atoms with Gasteiger partial charge in [-0.2, -0.15) is 0 Å². The molecule has 0 aliphatic carbocycles. The summed E-state index contributed by atoms with van der Waals surface area (Å²) in [5.41, 5.74) is 4.36. The van der Waals surface area contributed by atoms with E-state index in [1.807, 2.05) is 30.7 Å². The molecule has 0 radical (unpaired) electrons. The molecule has 28 heavy (non-hydrogen) atoms. The third kappa shape index (κ3) is 4.98. The maximum atomic E-state index is 14.2. The van der Waals surface area contributed by atoms with Crippen molar-refractivity contribution in [2.45, 2.75) is 39.9 Å². The van der Waals surface area contributed by atoms with Gasteiger partial charge in [-0.15, -0.1) is 0 Å². The maximum Gasteiger partial charge on any atom is 0.127 e. The molecule has 0 saturated heterocycles. The number of methoxy groups -OCH3 is 1. The van der Waals surface area contributed by atoms with E-state index in [9.17, 15) is 4.39 Å². The van der Waals surface area contributed by atoms with Crippen LogP contribution < -0.4 is 4.74 Å². The predicted octanol–water partition coefficient (Wildman–Crippen LogP) is 4.74. The zero-order valence-corrected chi connectivity index (χ0v) is 16.9. The van der Waals surface area contributed by atoms with Crippen molar-refractivity contribution < 1.29 is 9.13 Å². The van der Waals surface area contributed by atoms with Crippen LogP contribution in [0.5, 0.6) is 5.75 Å². The molecule has 5 heteroatoms. The van der Waals surface area contributed by atoms with Crippen molar-refractivity contribution in [1.29, 1.82) is 0 Å². The maximum absolute atomic E-state index is 14.2. The number of benzene rings is 2. The Bertz CT molecular complexity index is 893. The number of halogens is 1. The Balaban J connectivity index is 1.75. The summed E-state index contributed by atoms with van der Waals surface area (Å²) >= 11 is 0. The number of hydrogen-bond acceptors (Lipinski definition) is 3. The van der Waals surface area contributed by atoms with Gasteiger partial charge in [0.2, 0.25) is 0 Å². The summed E-state index contributed by atoms with van der Waals surface area (Å²) in [5, 5.41) is 0. The molecule has 0 unspecified atom stereocenters. The molecule has 148 valence electrons. The van der Waals surface area contributed by atoms with E-state index in [1.54, 1.807) is 19.4 Å². The van der Waals surface area contributed by atoms with Crippen LogP contribution in [0, 0.1) is 19.7 Å². The molecule has 1 heterocycles. The molecule has 3 rings (SSSR count). The number of aryl methyl sites for hydroxylation is 1. The van der Waals surface area contributed by atoms with Crippen LogP contribution in [0.4, 0.5) is 4.39 Å². The Morgan fingerprint density at radius 2 is 1.82 bits per heavy atom. The number of hydrogen-bond donors (Lipinski definition) is 0. The standard InChI is InChI=1S/C23H28FN3O/c1-18-19(2)23(28-3)10-9-20(18)15-27(13-6-12-26-14-11-25-17-26)16-21-7-4-5-8-22(21)24/h4-5,7-11,14,17H,6,12-13,15-16H2,1-3H3. The average Bonchev–Trinajstić information content (AvgIpc) is 3.21. The quantitative estimate of drug-likeness (QED) is 0.536. The third-order valence-corrected chi connectivity index (χ3v) is 5.27. The lowest BCUT2D eigenvalue weighted by Gasteiger charge is -2.24. The van der Waals surface area contributed by atoms with Gasteiger partial charge in [0.05, 0.1) is 13.4 Å². The van der Waals surface area contributed by atoms with Gasteiger partial charge in [0.25, 0.3) is 0 Å². The lowest BCUT2D eigenvalue weighted by atomic mass is 10.0. The number of ether oxygens (including phenoxy) is 1. The van der Waals surface area contributed by atoms with Crippen LogP contribution in [0.2, 0.25) is 0 Å². The van der Waals surface area contributed by atoms with Gasteiger partial charge in [0, 0.05) is 44.1 Å². The second-order valence-electron chi connectivity index (χ2n) is 7.13. The minimum absolute atomic E-state index is 0.148. The molecule has 0 atom stereocenters. The van der Waals surface area contributed by atoms with Crippen molar-refractivity contribution in [3.63, 3.8) is 0 Å². The smallest absolute Gasteiger partial charge is 0.127 e. The van der Waals surface area contributed by atoms with Gasteiger partial charge in [0.15, 0.2) is 0 Å². The molecular weight excluding hydrogens is 353 g/mol. The highest BCUT2D eigenvalue weighted by Gasteiger charge is 2.13. The molecule has 0 fully saturated rings. The highest BCUT2D eigenvalue weighted by Crippen LogP contribution is 2.25. The number of aromatic nitrogens is 2. The zero-order valence-electron chi connectivity index (χ0n) is 16.9. The number of rotatable bonds is 9. The first kappa shape index (κ1) is 20.1. The van der Waals surface area contributed by atoms with Crippen LogP contribution >= 0.6 is 0 Å². The highest BCUT2D eigenvalue weighted by molar-refractivity contribution is 5.43. The summed E-state index contributed by atoms with van der Waals surface area (Å²) in [5.74, 6) is 0.756. The fourth-order valence-corrected chi connectivity index (χ4v) is 3.46. The molecular formula is C23H28FN3O. The van der Waals surface area contributed by atoms with E-state index < -0.39 is 0 Å². The average molecular weight is 381 g/mol. The lowest BCUT2D eigenvalue weighted by Crippen LogP contribution is -2.26. The van der Waals surface area contributed by atoms with Crippen molar-refractivity contribution in [1.82, 2.24) is 14.5 Å². The molecule has 1 aromatic heterocycles. The summed E-state index contributed by atoms with van der Waals surface area (Å²) in [7, 11) is 1.70. The summed E-state index contributed by atoms with van der Waals surface area (Å²) in [6, 6.07) is 11.2. The van der Waals surface area contributed by atoms with E-state index in [2.05, 4.69) is 34.4 Å². The second-order valence-corrected chi connectivity index (χ2v) is 7.13. The van der Waals surface area contributed by atoms with Gasteiger partial charge in [0.1, 0.15) is 11.6 Å². The van der Waals surface area contributed by atoms with E-state index in [4.69, 9.17) is 4.74 Å². The van der Waals surface area contributed by atoms with Gasteiger partial charge in [-0.1, -0.05) is 24.3 Å². The van der Waals surface area contributed by atoms with Crippen LogP contribution in [-0.4, -0.2) is 28.1 Å². The molecule has 0 bridgehead atoms. The zero-order chi connectivity index (χ0) is 19.9. The minimum atomic E-state index is -0.148. The van der Waals surface area contributed by atoms with E-state index >= 15 is 0 Å². The Hall–Kier alpha value is -2.66. The van der Waals surface area contributed by atoms with Crippen LogP contribution in [0.15, 0.2) is 55.1 Å². The van der Waals surface area contributed by atoms with Gasteiger partial charge in [-0.25, -0.2) is 9.37 Å². The summed E-state index contributed by atoms with van der Waals surface area (Å²) < 4.78 is 21.7. The van der Waals surface area contributed by atoms with Crippen molar-refractivity contribution in [3.8, 4) is 5.75 Å². The third-order valence-electron chi connectivity index (χ3n) is 5.27. The van der Waals surface area contributed by atoms with Crippen LogP contribution in [0.3, 0.4) is 0 Å². The van der Waals surface area contributed by atoms with Crippen LogP contribution in [0.25, 0.3) is 0 Å². The van der Waals surface area contributed by atoms with E-state index in [0.717, 1.165) is 42.9 Å². The molecule has 2 aromatic carbocycles. The van der Waals surface area contributed by atoms with Crippen LogP contribution in [0.1, 0.15) is 28.7 Å². The highest BCUT2D eigenvalue weighted by atomic mass is 19.1. The van der Waals surface area contributed by atoms with E-state index in [-0.39, 0.29) is 5.82 Å². The van der Waals surface area contributed by atoms with Crippen molar-refractivity contribution in [2.24, 2.45) is 0 Å². The molecule has 4 nitrogen and oxygen atoms in total. The fourth-order valence-electron chi connectivity index (χ4n) is 3.46. The molecule has 0 N–H and O–H groups in total. The first-order chi connectivity index (χ1) is 13.6. The van der Waals surface area contributed by atoms with Gasteiger partial charge >= 0.3 is 0 Å². The molecule has 0 saturated carbocycles.